The molecule has 0 atom stereocenters. The molecule has 1 aromatic heterocycles. The molecule has 2 aliphatic heterocycles. The van der Waals surface area contributed by atoms with Crippen molar-refractivity contribution < 1.29 is 19.4 Å². The van der Waals surface area contributed by atoms with Crippen molar-refractivity contribution in [2.75, 3.05) is 43.1 Å². The fourth-order valence-electron chi connectivity index (χ4n) is 4.72. The van der Waals surface area contributed by atoms with Crippen molar-refractivity contribution in [1.82, 2.24) is 4.57 Å². The van der Waals surface area contributed by atoms with Crippen LogP contribution in [0.3, 0.4) is 0 Å². The number of para-hydroxylation sites is 1. The van der Waals surface area contributed by atoms with Crippen LogP contribution in [0.25, 0.3) is 5.69 Å². The molecule has 0 radical (unpaired) electrons. The van der Waals surface area contributed by atoms with Gasteiger partial charge in [0, 0.05) is 49.7 Å². The molecule has 2 aliphatic rings. The van der Waals surface area contributed by atoms with Crippen molar-refractivity contribution in [2.24, 2.45) is 5.41 Å². The van der Waals surface area contributed by atoms with E-state index in [-0.39, 0.29) is 11.4 Å². The highest BCUT2D eigenvalue weighted by atomic mass is 16.5. The van der Waals surface area contributed by atoms with E-state index in [2.05, 4.69) is 9.80 Å². The molecule has 3 aromatic rings. The van der Waals surface area contributed by atoms with Crippen LogP contribution < -0.4 is 9.80 Å². The van der Waals surface area contributed by atoms with E-state index in [1.165, 1.54) is 7.11 Å². The third kappa shape index (κ3) is 3.22. The van der Waals surface area contributed by atoms with Gasteiger partial charge in [0.2, 0.25) is 0 Å². The number of carboxylic acid groups (broad SMARTS) is 1. The second-order valence-corrected chi connectivity index (χ2v) is 8.32. The van der Waals surface area contributed by atoms with Crippen LogP contribution in [-0.2, 0) is 4.74 Å². The van der Waals surface area contributed by atoms with Crippen molar-refractivity contribution in [2.45, 2.75) is 0 Å². The summed E-state index contributed by atoms with van der Waals surface area (Å²) in [7, 11) is 1.38. The Morgan fingerprint density at radius 2 is 1.55 bits per heavy atom. The Bertz CT molecular complexity index is 1120. The summed E-state index contributed by atoms with van der Waals surface area (Å²) in [6.45, 7) is 3.67. The first kappa shape index (κ1) is 19.2. The first-order valence-corrected chi connectivity index (χ1v) is 10.2. The predicted octanol–water partition coefficient (Wildman–Crippen LogP) is 3.29. The van der Waals surface area contributed by atoms with Gasteiger partial charge in [-0.1, -0.05) is 6.07 Å². The molecule has 5 rings (SSSR count). The molecule has 0 amide bonds. The fraction of sp³-hybridized carbons (Fsp3) is 0.250. The van der Waals surface area contributed by atoms with E-state index in [0.717, 1.165) is 37.6 Å². The van der Waals surface area contributed by atoms with Gasteiger partial charge >= 0.3 is 11.9 Å². The quantitative estimate of drug-likeness (QED) is 0.642. The number of rotatable bonds is 5. The van der Waals surface area contributed by atoms with Gasteiger partial charge in [-0.05, 0) is 48.5 Å². The first-order valence-electron chi connectivity index (χ1n) is 10.2. The number of aromatic nitrogens is 1. The topological polar surface area (TPSA) is 75.0 Å². The minimum absolute atomic E-state index is 0.216. The lowest BCUT2D eigenvalue weighted by molar-refractivity contribution is 0.0599. The van der Waals surface area contributed by atoms with Crippen molar-refractivity contribution in [3.63, 3.8) is 0 Å². The van der Waals surface area contributed by atoms with Crippen LogP contribution in [0, 0.1) is 5.41 Å². The molecule has 1 N–H and O–H groups in total. The Kier molecular flexibility index (Phi) is 4.46. The molecule has 0 unspecified atom stereocenters. The van der Waals surface area contributed by atoms with Crippen molar-refractivity contribution in [3.05, 3.63) is 78.1 Å². The normalized spacial score (nSPS) is 16.5. The number of carbonyl (C=O) groups is 2. The zero-order valence-corrected chi connectivity index (χ0v) is 17.2. The number of anilines is 2. The predicted molar refractivity (Wildman–Crippen MR) is 117 cm³/mol. The van der Waals surface area contributed by atoms with Gasteiger partial charge in [-0.15, -0.1) is 0 Å². The second kappa shape index (κ2) is 7.19. The maximum Gasteiger partial charge on any atom is 0.337 e. The summed E-state index contributed by atoms with van der Waals surface area (Å²) in [5.74, 6) is -1.26. The zero-order valence-electron chi connectivity index (χ0n) is 17.2. The van der Waals surface area contributed by atoms with Gasteiger partial charge in [-0.3, -0.25) is 0 Å². The summed E-state index contributed by atoms with van der Waals surface area (Å²) in [5, 5.41) is 9.68. The lowest BCUT2D eigenvalue weighted by atomic mass is 9.72. The number of hydrogen-bond acceptors (Lipinski definition) is 5. The van der Waals surface area contributed by atoms with Crippen LogP contribution in [0.5, 0.6) is 0 Å². The van der Waals surface area contributed by atoms with E-state index in [0.29, 0.717) is 16.8 Å². The van der Waals surface area contributed by atoms with Crippen LogP contribution in [0.4, 0.5) is 11.4 Å². The number of esters is 1. The maximum atomic E-state index is 11.8. The van der Waals surface area contributed by atoms with Gasteiger partial charge in [0.15, 0.2) is 0 Å². The van der Waals surface area contributed by atoms with Crippen LogP contribution in [-0.4, -0.2) is 54.9 Å². The van der Waals surface area contributed by atoms with E-state index in [1.54, 1.807) is 18.2 Å². The number of carboxylic acids is 1. The van der Waals surface area contributed by atoms with Gasteiger partial charge in [0.25, 0.3) is 0 Å². The molecule has 31 heavy (non-hydrogen) atoms. The van der Waals surface area contributed by atoms with Crippen LogP contribution in [0.1, 0.15) is 20.7 Å². The lowest BCUT2D eigenvalue weighted by Gasteiger charge is -2.62. The molecule has 7 nitrogen and oxygen atoms in total. The van der Waals surface area contributed by atoms with Crippen molar-refractivity contribution >= 4 is 23.3 Å². The maximum absolute atomic E-state index is 11.8. The summed E-state index contributed by atoms with van der Waals surface area (Å²) in [6, 6.07) is 16.7. The third-order valence-corrected chi connectivity index (χ3v) is 6.21. The summed E-state index contributed by atoms with van der Waals surface area (Å²) in [6.07, 6.45) is 3.76. The summed E-state index contributed by atoms with van der Waals surface area (Å²) in [4.78, 5) is 28.0. The van der Waals surface area contributed by atoms with Gasteiger partial charge in [0.05, 0.1) is 29.6 Å². The van der Waals surface area contributed by atoms with E-state index in [1.807, 2.05) is 53.4 Å². The number of hydrogen-bond donors (Lipinski definition) is 1. The summed E-state index contributed by atoms with van der Waals surface area (Å²) in [5.41, 5.74) is 3.82. The van der Waals surface area contributed by atoms with Gasteiger partial charge in [-0.25, -0.2) is 9.59 Å². The SMILES string of the molecule is COC(=O)c1ccc(N2CC3(C2)CN(c2cccc(C(=O)O)c2-n2cccc2)C3)cc1. The molecule has 0 saturated carbocycles. The smallest absolute Gasteiger partial charge is 0.337 e. The number of nitrogens with zero attached hydrogens (tertiary/aromatic N) is 3. The Morgan fingerprint density at radius 3 is 2.16 bits per heavy atom. The third-order valence-electron chi connectivity index (χ3n) is 6.21. The van der Waals surface area contributed by atoms with Gasteiger partial charge in [0.1, 0.15) is 0 Å². The van der Waals surface area contributed by atoms with Gasteiger partial charge < -0.3 is 24.2 Å². The Hall–Kier alpha value is -3.74. The average Bonchev–Trinajstić information content (AvgIpc) is 3.26. The number of ether oxygens (including phenoxy) is 1. The highest BCUT2D eigenvalue weighted by Crippen LogP contribution is 2.45. The van der Waals surface area contributed by atoms with Gasteiger partial charge in [-0.2, -0.15) is 0 Å². The minimum atomic E-state index is -0.925. The molecule has 7 heteroatoms. The zero-order chi connectivity index (χ0) is 21.6. The molecule has 0 aliphatic carbocycles. The van der Waals surface area contributed by atoms with Crippen LogP contribution in [0.15, 0.2) is 67.0 Å². The van der Waals surface area contributed by atoms with E-state index >= 15 is 0 Å². The van der Waals surface area contributed by atoms with E-state index in [4.69, 9.17) is 4.74 Å². The van der Waals surface area contributed by atoms with Crippen LogP contribution in [0.2, 0.25) is 0 Å². The molecule has 0 bridgehead atoms. The molecule has 1 spiro atoms. The van der Waals surface area contributed by atoms with Crippen molar-refractivity contribution in [1.29, 1.82) is 0 Å². The Labute approximate surface area is 180 Å². The minimum Gasteiger partial charge on any atom is -0.478 e. The molecular formula is C24H23N3O4. The van der Waals surface area contributed by atoms with E-state index in [9.17, 15) is 14.7 Å². The van der Waals surface area contributed by atoms with E-state index < -0.39 is 5.97 Å². The molecule has 2 saturated heterocycles. The molecule has 2 aromatic carbocycles. The number of aromatic carboxylic acids is 1. The highest BCUT2D eigenvalue weighted by Gasteiger charge is 2.52. The number of carbonyl (C=O) groups excluding carboxylic acids is 1. The largest absolute Gasteiger partial charge is 0.478 e. The molecule has 158 valence electrons. The standard InChI is InChI=1S/C24H23N3O4/c1-31-23(30)17-7-9-18(10-8-17)26-13-24(14-26)15-27(16-24)20-6-4-5-19(22(28)29)21(20)25-11-2-3-12-25/h2-12H,13-16H2,1H3,(H,28,29). The number of methoxy groups -OCH3 is 1. The number of benzene rings is 2. The Morgan fingerprint density at radius 1 is 0.903 bits per heavy atom. The van der Waals surface area contributed by atoms with Crippen LogP contribution >= 0.6 is 0 Å². The first-order chi connectivity index (χ1) is 15.0. The summed E-state index contributed by atoms with van der Waals surface area (Å²) >= 11 is 0. The Balaban J connectivity index is 1.30. The fourth-order valence-corrected chi connectivity index (χ4v) is 4.72. The molecule has 2 fully saturated rings. The average molecular weight is 417 g/mol. The molecular weight excluding hydrogens is 394 g/mol. The summed E-state index contributed by atoms with van der Waals surface area (Å²) < 4.78 is 6.63. The second-order valence-electron chi connectivity index (χ2n) is 8.32. The monoisotopic (exact) mass is 417 g/mol. The van der Waals surface area contributed by atoms with Crippen molar-refractivity contribution in [3.8, 4) is 5.69 Å². The highest BCUT2D eigenvalue weighted by molar-refractivity contribution is 5.95. The lowest BCUT2D eigenvalue weighted by Crippen LogP contribution is -2.72. The molecule has 3 heterocycles.